The van der Waals surface area contributed by atoms with Crippen LogP contribution in [0.5, 0.6) is 5.75 Å². The lowest BCUT2D eigenvalue weighted by Gasteiger charge is -2.00. The standard InChI is InChI=1S/C8H8N6O6/c9-8(12-16)11-10-3-4-1-5(13(17)18)2-6(7(4)15)14(19)20/h1-3,15-16H,(H3,9,11,12)/b10-3-. The monoisotopic (exact) mass is 284 g/mol. The Kier molecular flexibility index (Phi) is 4.47. The molecular formula is C8H8N6O6. The summed E-state index contributed by atoms with van der Waals surface area (Å²) in [6, 6.07) is 1.48. The number of phenols is 1. The molecule has 0 radical (unpaired) electrons. The number of hydrogen-bond donors (Lipinski definition) is 4. The predicted octanol–water partition coefficient (Wildman–Crippen LogP) is -0.164. The van der Waals surface area contributed by atoms with Crippen LogP contribution in [-0.4, -0.2) is 32.3 Å². The van der Waals surface area contributed by atoms with E-state index in [1.165, 1.54) is 5.48 Å². The highest BCUT2D eigenvalue weighted by atomic mass is 16.6. The predicted molar refractivity (Wildman–Crippen MR) is 65.6 cm³/mol. The summed E-state index contributed by atoms with van der Waals surface area (Å²) in [6.07, 6.45) is 0.805. The second-order valence-electron chi connectivity index (χ2n) is 3.26. The maximum absolute atomic E-state index is 10.7. The lowest BCUT2D eigenvalue weighted by Crippen LogP contribution is -2.27. The molecule has 0 saturated heterocycles. The van der Waals surface area contributed by atoms with E-state index in [0.717, 1.165) is 12.3 Å². The van der Waals surface area contributed by atoms with Crippen LogP contribution in [0.3, 0.4) is 0 Å². The van der Waals surface area contributed by atoms with Gasteiger partial charge < -0.3 is 10.8 Å². The number of hydrogen-bond acceptors (Lipinski definition) is 8. The Morgan fingerprint density at radius 1 is 1.35 bits per heavy atom. The average Bonchev–Trinajstić information content (AvgIpc) is 2.39. The first kappa shape index (κ1) is 14.8. The zero-order valence-electron chi connectivity index (χ0n) is 9.63. The van der Waals surface area contributed by atoms with Gasteiger partial charge in [-0.25, -0.2) is 5.48 Å². The summed E-state index contributed by atoms with van der Waals surface area (Å²) in [4.78, 5) is 19.5. The zero-order valence-corrected chi connectivity index (χ0v) is 9.63. The number of guanidine groups is 1. The molecular weight excluding hydrogens is 276 g/mol. The van der Waals surface area contributed by atoms with E-state index < -0.39 is 32.9 Å². The number of nitrogens with zero attached hydrogens (tertiary/aromatic N) is 4. The molecule has 0 atom stereocenters. The number of non-ortho nitro benzene ring substituents is 1. The third-order valence-electron chi connectivity index (χ3n) is 1.99. The Hall–Kier alpha value is -3.28. The average molecular weight is 284 g/mol. The molecule has 0 aliphatic heterocycles. The van der Waals surface area contributed by atoms with Crippen LogP contribution in [0.2, 0.25) is 0 Å². The van der Waals surface area contributed by atoms with E-state index in [-0.39, 0.29) is 5.56 Å². The van der Waals surface area contributed by atoms with Gasteiger partial charge in [-0.05, 0) is 0 Å². The smallest absolute Gasteiger partial charge is 0.318 e. The third-order valence-corrected chi connectivity index (χ3v) is 1.99. The van der Waals surface area contributed by atoms with E-state index in [2.05, 4.69) is 10.2 Å². The lowest BCUT2D eigenvalue weighted by molar-refractivity contribution is -0.394. The Morgan fingerprint density at radius 3 is 2.50 bits per heavy atom. The molecule has 1 aromatic rings. The summed E-state index contributed by atoms with van der Waals surface area (Å²) in [5, 5.41) is 45.7. The van der Waals surface area contributed by atoms with Gasteiger partial charge in [0.1, 0.15) is 0 Å². The van der Waals surface area contributed by atoms with Crippen LogP contribution < -0.4 is 11.2 Å². The molecule has 5 N–H and O–H groups in total. The van der Waals surface area contributed by atoms with Crippen molar-refractivity contribution in [2.45, 2.75) is 0 Å². The second-order valence-corrected chi connectivity index (χ2v) is 3.26. The van der Waals surface area contributed by atoms with Crippen LogP contribution in [-0.2, 0) is 0 Å². The van der Waals surface area contributed by atoms with E-state index in [1.807, 2.05) is 0 Å². The van der Waals surface area contributed by atoms with Gasteiger partial charge in [0.25, 0.3) is 5.69 Å². The summed E-state index contributed by atoms with van der Waals surface area (Å²) < 4.78 is 0. The van der Waals surface area contributed by atoms with Crippen molar-refractivity contribution in [3.05, 3.63) is 37.9 Å². The molecule has 0 spiro atoms. The minimum absolute atomic E-state index is 0.305. The van der Waals surface area contributed by atoms with Crippen molar-refractivity contribution >= 4 is 23.5 Å². The van der Waals surface area contributed by atoms with Crippen LogP contribution in [0, 0.1) is 20.2 Å². The normalized spacial score (nSPS) is 11.6. The Morgan fingerprint density at radius 2 is 2.00 bits per heavy atom. The molecule has 0 aromatic heterocycles. The molecule has 106 valence electrons. The van der Waals surface area contributed by atoms with E-state index >= 15 is 0 Å². The van der Waals surface area contributed by atoms with Crippen molar-refractivity contribution in [3.63, 3.8) is 0 Å². The number of benzene rings is 1. The highest BCUT2D eigenvalue weighted by Gasteiger charge is 2.22. The second kappa shape index (κ2) is 6.05. The highest BCUT2D eigenvalue weighted by Crippen LogP contribution is 2.33. The van der Waals surface area contributed by atoms with Crippen molar-refractivity contribution in [2.24, 2.45) is 15.9 Å². The molecule has 1 rings (SSSR count). The Balaban J connectivity index is 3.31. The minimum Gasteiger partial charge on any atom is -0.502 e. The van der Waals surface area contributed by atoms with Gasteiger partial charge >= 0.3 is 5.69 Å². The fourth-order valence-electron chi connectivity index (χ4n) is 1.14. The summed E-state index contributed by atoms with van der Waals surface area (Å²) in [5.74, 6) is -1.30. The summed E-state index contributed by atoms with van der Waals surface area (Å²) in [7, 11) is 0. The van der Waals surface area contributed by atoms with Gasteiger partial charge in [0.15, 0.2) is 0 Å². The minimum atomic E-state index is -0.980. The maximum atomic E-state index is 10.7. The molecule has 0 aliphatic carbocycles. The summed E-state index contributed by atoms with van der Waals surface area (Å²) in [6.45, 7) is 0. The fourth-order valence-corrected chi connectivity index (χ4v) is 1.14. The summed E-state index contributed by atoms with van der Waals surface area (Å²) in [5.41, 5.74) is 4.73. The van der Waals surface area contributed by atoms with Crippen LogP contribution in [0.1, 0.15) is 5.56 Å². The number of rotatable bonds is 4. The van der Waals surface area contributed by atoms with Gasteiger partial charge in [-0.15, -0.1) is 5.10 Å². The molecule has 0 heterocycles. The van der Waals surface area contributed by atoms with Gasteiger partial charge in [-0.1, -0.05) is 0 Å². The molecule has 20 heavy (non-hydrogen) atoms. The number of nitro groups is 2. The first-order chi connectivity index (χ1) is 9.36. The molecule has 1 aromatic carbocycles. The molecule has 12 nitrogen and oxygen atoms in total. The molecule has 12 heteroatoms. The van der Waals surface area contributed by atoms with E-state index in [1.54, 1.807) is 0 Å². The van der Waals surface area contributed by atoms with Crippen LogP contribution in [0.4, 0.5) is 11.4 Å². The van der Waals surface area contributed by atoms with E-state index in [9.17, 15) is 25.3 Å². The fraction of sp³-hybridized carbons (Fsp3) is 0. The number of nitrogens with two attached hydrogens (primary N) is 1. The van der Waals surface area contributed by atoms with Crippen molar-refractivity contribution in [1.82, 2.24) is 5.48 Å². The maximum Gasteiger partial charge on any atom is 0.318 e. The van der Waals surface area contributed by atoms with E-state index in [4.69, 9.17) is 10.9 Å². The molecule has 0 amide bonds. The third kappa shape index (κ3) is 3.36. The van der Waals surface area contributed by atoms with Crippen molar-refractivity contribution in [3.8, 4) is 5.75 Å². The first-order valence-corrected chi connectivity index (χ1v) is 4.79. The Labute approximate surface area is 110 Å². The number of phenolic OH excluding ortho intramolecular Hbond substituents is 1. The van der Waals surface area contributed by atoms with E-state index in [0.29, 0.717) is 6.07 Å². The SMILES string of the molecule is N/C(=N\N=C/c1cc([N+](=O)[O-])cc([N+](=O)[O-])c1O)NO. The van der Waals surface area contributed by atoms with Gasteiger partial charge in [0, 0.05) is 6.07 Å². The number of nitrogens with one attached hydrogen (secondary N) is 1. The molecule has 0 fully saturated rings. The van der Waals surface area contributed by atoms with Gasteiger partial charge in [0.2, 0.25) is 11.7 Å². The number of nitro benzene ring substituents is 2. The summed E-state index contributed by atoms with van der Waals surface area (Å²) >= 11 is 0. The van der Waals surface area contributed by atoms with Gasteiger partial charge in [-0.3, -0.25) is 25.4 Å². The molecule has 0 aliphatic rings. The van der Waals surface area contributed by atoms with Crippen molar-refractivity contribution < 1.29 is 20.2 Å². The van der Waals surface area contributed by atoms with Crippen LogP contribution >= 0.6 is 0 Å². The Bertz CT molecular complexity index is 612. The van der Waals surface area contributed by atoms with Gasteiger partial charge in [-0.2, -0.15) is 5.10 Å². The van der Waals surface area contributed by atoms with Crippen LogP contribution in [0.25, 0.3) is 0 Å². The van der Waals surface area contributed by atoms with Crippen LogP contribution in [0.15, 0.2) is 22.3 Å². The van der Waals surface area contributed by atoms with Crippen molar-refractivity contribution in [2.75, 3.05) is 0 Å². The zero-order chi connectivity index (χ0) is 15.3. The van der Waals surface area contributed by atoms with Gasteiger partial charge in [0.05, 0.1) is 27.7 Å². The molecule has 0 unspecified atom stereocenters. The number of aromatic hydroxyl groups is 1. The highest BCUT2D eigenvalue weighted by molar-refractivity contribution is 5.87. The van der Waals surface area contributed by atoms with Crippen molar-refractivity contribution in [1.29, 1.82) is 0 Å². The lowest BCUT2D eigenvalue weighted by atomic mass is 10.1. The molecule has 0 bridgehead atoms. The first-order valence-electron chi connectivity index (χ1n) is 4.79. The quantitative estimate of drug-likeness (QED) is 0.253. The number of hydroxylamine groups is 1. The largest absolute Gasteiger partial charge is 0.502 e. The topological polar surface area (TPSA) is 190 Å². The molecule has 0 saturated carbocycles.